The average Bonchev–Trinajstić information content (AvgIpc) is 3.17. The van der Waals surface area contributed by atoms with E-state index in [1.807, 2.05) is 69.3 Å². The molecule has 31 heavy (non-hydrogen) atoms. The summed E-state index contributed by atoms with van der Waals surface area (Å²) in [5, 5.41) is 3.50. The maximum atomic E-state index is 13.1. The second-order valence-corrected chi connectivity index (χ2v) is 9.34. The molecule has 4 aromatic rings. The highest BCUT2D eigenvalue weighted by Gasteiger charge is 2.16. The summed E-state index contributed by atoms with van der Waals surface area (Å²) in [4.78, 5) is 31.3. The highest BCUT2D eigenvalue weighted by Crippen LogP contribution is 2.32. The Morgan fingerprint density at radius 2 is 1.81 bits per heavy atom. The van der Waals surface area contributed by atoms with Crippen molar-refractivity contribution in [1.82, 2.24) is 9.55 Å². The van der Waals surface area contributed by atoms with Gasteiger partial charge in [-0.1, -0.05) is 48.2 Å². The van der Waals surface area contributed by atoms with E-state index in [1.54, 1.807) is 4.57 Å². The van der Waals surface area contributed by atoms with Crippen LogP contribution in [0, 0.1) is 13.8 Å². The van der Waals surface area contributed by atoms with Gasteiger partial charge in [0.2, 0.25) is 5.91 Å². The summed E-state index contributed by atoms with van der Waals surface area (Å²) in [5.41, 5.74) is 4.66. The topological polar surface area (TPSA) is 64.0 Å². The van der Waals surface area contributed by atoms with Crippen LogP contribution >= 0.6 is 23.1 Å². The lowest BCUT2D eigenvalue weighted by atomic mass is 10.1. The van der Waals surface area contributed by atoms with Gasteiger partial charge in [0.1, 0.15) is 4.70 Å². The fraction of sp³-hybridized carbons (Fsp3) is 0.208. The van der Waals surface area contributed by atoms with Gasteiger partial charge in [-0.3, -0.25) is 14.2 Å². The Bertz CT molecular complexity index is 1290. The molecule has 0 atom stereocenters. The molecule has 5 nitrogen and oxygen atoms in total. The van der Waals surface area contributed by atoms with Crippen LogP contribution in [-0.2, 0) is 11.3 Å². The van der Waals surface area contributed by atoms with Gasteiger partial charge in [-0.2, -0.15) is 0 Å². The van der Waals surface area contributed by atoms with Gasteiger partial charge in [0.15, 0.2) is 5.16 Å². The number of fused-ring (bicyclic) bond motifs is 1. The highest BCUT2D eigenvalue weighted by molar-refractivity contribution is 7.99. The van der Waals surface area contributed by atoms with Crippen molar-refractivity contribution in [3.8, 4) is 10.4 Å². The Kier molecular flexibility index (Phi) is 6.25. The molecule has 2 aromatic heterocycles. The number of carbonyl (C=O) groups is 1. The van der Waals surface area contributed by atoms with Crippen molar-refractivity contribution in [2.75, 3.05) is 11.1 Å². The van der Waals surface area contributed by atoms with Crippen molar-refractivity contribution in [3.63, 3.8) is 0 Å². The lowest BCUT2D eigenvalue weighted by Gasteiger charge is -2.10. The molecule has 0 unspecified atom stereocenters. The number of aromatic nitrogens is 2. The molecule has 0 radical (unpaired) electrons. The number of benzene rings is 2. The van der Waals surface area contributed by atoms with E-state index < -0.39 is 0 Å². The molecule has 0 fully saturated rings. The Balaban J connectivity index is 1.58. The van der Waals surface area contributed by atoms with Crippen molar-refractivity contribution in [2.45, 2.75) is 32.5 Å². The van der Waals surface area contributed by atoms with E-state index >= 15 is 0 Å². The molecule has 0 saturated heterocycles. The Morgan fingerprint density at radius 1 is 1.10 bits per heavy atom. The molecule has 0 saturated carbocycles. The predicted molar refractivity (Wildman–Crippen MR) is 130 cm³/mol. The number of thiophene rings is 1. The van der Waals surface area contributed by atoms with Crippen LogP contribution in [0.1, 0.15) is 18.1 Å². The third kappa shape index (κ3) is 4.73. The summed E-state index contributed by atoms with van der Waals surface area (Å²) < 4.78 is 2.28. The first-order chi connectivity index (χ1) is 14.9. The molecule has 0 bridgehead atoms. The average molecular weight is 450 g/mol. The van der Waals surface area contributed by atoms with E-state index in [1.165, 1.54) is 23.1 Å². The first-order valence-electron chi connectivity index (χ1n) is 10.1. The number of amides is 1. The van der Waals surface area contributed by atoms with Crippen molar-refractivity contribution in [2.24, 2.45) is 0 Å². The Hall–Kier alpha value is -2.90. The summed E-state index contributed by atoms with van der Waals surface area (Å²) >= 11 is 2.75. The minimum atomic E-state index is -0.123. The number of hydrogen-bond acceptors (Lipinski definition) is 5. The van der Waals surface area contributed by atoms with Crippen LogP contribution in [0.2, 0.25) is 0 Å². The highest BCUT2D eigenvalue weighted by atomic mass is 32.2. The normalized spacial score (nSPS) is 11.1. The van der Waals surface area contributed by atoms with E-state index in [9.17, 15) is 9.59 Å². The molecule has 0 aliphatic carbocycles. The van der Waals surface area contributed by atoms with Crippen molar-refractivity contribution in [1.29, 1.82) is 0 Å². The number of hydrogen-bond donors (Lipinski definition) is 1. The van der Waals surface area contributed by atoms with Gasteiger partial charge in [-0.05, 0) is 55.7 Å². The quantitative estimate of drug-likeness (QED) is 0.312. The molecule has 0 spiro atoms. The van der Waals surface area contributed by atoms with Gasteiger partial charge >= 0.3 is 0 Å². The van der Waals surface area contributed by atoms with Gasteiger partial charge in [0, 0.05) is 17.1 Å². The summed E-state index contributed by atoms with van der Waals surface area (Å²) in [7, 11) is 0. The number of anilines is 1. The number of carbonyl (C=O) groups excluding carboxylic acids is 1. The molecule has 7 heteroatoms. The lowest BCUT2D eigenvalue weighted by molar-refractivity contribution is -0.113. The largest absolute Gasteiger partial charge is 0.325 e. The molecule has 0 aliphatic rings. The summed E-state index contributed by atoms with van der Waals surface area (Å²) in [6.07, 6.45) is 0. The number of rotatable bonds is 6. The molecule has 0 aliphatic heterocycles. The standard InChI is InChI=1S/C24H23N3O2S2/c1-4-27-23(29)22-19(13-20(31-22)17-8-6-5-7-9-17)26-24(27)30-14-21(28)25-18-11-15(2)10-16(3)12-18/h5-13H,4,14H2,1-3H3,(H,25,28). The molecule has 2 aromatic carbocycles. The van der Waals surface area contributed by atoms with Crippen LogP contribution in [0.25, 0.3) is 20.7 Å². The minimum absolute atomic E-state index is 0.0584. The molecule has 158 valence electrons. The van der Waals surface area contributed by atoms with E-state index in [4.69, 9.17) is 4.98 Å². The minimum Gasteiger partial charge on any atom is -0.325 e. The second kappa shape index (κ2) is 9.08. The van der Waals surface area contributed by atoms with Crippen LogP contribution in [0.5, 0.6) is 0 Å². The SMILES string of the molecule is CCn1c(SCC(=O)Nc2cc(C)cc(C)c2)nc2cc(-c3ccccc3)sc2c1=O. The van der Waals surface area contributed by atoms with E-state index in [0.717, 1.165) is 27.3 Å². The number of nitrogens with one attached hydrogen (secondary N) is 1. The molecule has 4 rings (SSSR count). The van der Waals surface area contributed by atoms with E-state index in [0.29, 0.717) is 21.9 Å². The van der Waals surface area contributed by atoms with E-state index in [2.05, 4.69) is 11.4 Å². The van der Waals surface area contributed by atoms with Gasteiger partial charge in [-0.15, -0.1) is 11.3 Å². The van der Waals surface area contributed by atoms with Crippen LogP contribution in [0.4, 0.5) is 5.69 Å². The van der Waals surface area contributed by atoms with Gasteiger partial charge < -0.3 is 5.32 Å². The fourth-order valence-electron chi connectivity index (χ4n) is 3.50. The van der Waals surface area contributed by atoms with Gasteiger partial charge in [-0.25, -0.2) is 4.98 Å². The molecular weight excluding hydrogens is 426 g/mol. The predicted octanol–water partition coefficient (Wildman–Crippen LogP) is 5.49. The number of aryl methyl sites for hydroxylation is 2. The third-order valence-corrected chi connectivity index (χ3v) is 6.95. The first kappa shape index (κ1) is 21.3. The zero-order valence-electron chi connectivity index (χ0n) is 17.6. The van der Waals surface area contributed by atoms with E-state index in [-0.39, 0.29) is 17.2 Å². The van der Waals surface area contributed by atoms with Crippen molar-refractivity contribution >= 4 is 44.9 Å². The molecular formula is C24H23N3O2S2. The van der Waals surface area contributed by atoms with Gasteiger partial charge in [0.25, 0.3) is 5.56 Å². The summed E-state index contributed by atoms with van der Waals surface area (Å²) in [6.45, 7) is 6.42. The lowest BCUT2D eigenvalue weighted by Crippen LogP contribution is -2.22. The molecule has 1 amide bonds. The number of nitrogens with zero attached hydrogens (tertiary/aromatic N) is 2. The monoisotopic (exact) mass is 449 g/mol. The zero-order valence-corrected chi connectivity index (χ0v) is 19.3. The van der Waals surface area contributed by atoms with Crippen molar-refractivity contribution in [3.05, 3.63) is 76.1 Å². The maximum Gasteiger partial charge on any atom is 0.272 e. The molecule has 1 N–H and O–H groups in total. The van der Waals surface area contributed by atoms with Crippen LogP contribution in [0.3, 0.4) is 0 Å². The second-order valence-electron chi connectivity index (χ2n) is 7.35. The Labute approximate surface area is 189 Å². The van der Waals surface area contributed by atoms with Crippen LogP contribution in [-0.4, -0.2) is 21.2 Å². The fourth-order valence-corrected chi connectivity index (χ4v) is 5.41. The Morgan fingerprint density at radius 3 is 2.48 bits per heavy atom. The zero-order chi connectivity index (χ0) is 22.0. The molecule has 2 heterocycles. The number of thioether (sulfide) groups is 1. The van der Waals surface area contributed by atoms with Crippen molar-refractivity contribution < 1.29 is 4.79 Å². The summed E-state index contributed by atoms with van der Waals surface area (Å²) in [6, 6.07) is 17.9. The smallest absolute Gasteiger partial charge is 0.272 e. The first-order valence-corrected chi connectivity index (χ1v) is 11.9. The van der Waals surface area contributed by atoms with Crippen LogP contribution < -0.4 is 10.9 Å². The van der Waals surface area contributed by atoms with Crippen LogP contribution in [0.15, 0.2) is 64.5 Å². The van der Waals surface area contributed by atoms with Gasteiger partial charge in [0.05, 0.1) is 11.3 Å². The maximum absolute atomic E-state index is 13.1. The third-order valence-electron chi connectivity index (χ3n) is 4.81. The summed E-state index contributed by atoms with van der Waals surface area (Å²) in [5.74, 6) is 0.0583.